The number of carbonyl (C=O) groups is 1. The minimum absolute atomic E-state index is 0.172. The van der Waals surface area contributed by atoms with Gasteiger partial charge in [0.25, 0.3) is 0 Å². The second-order valence-corrected chi connectivity index (χ2v) is 8.08. The van der Waals surface area contributed by atoms with Crippen LogP contribution in [0.25, 0.3) is 0 Å². The van der Waals surface area contributed by atoms with Crippen molar-refractivity contribution in [2.24, 2.45) is 0 Å². The van der Waals surface area contributed by atoms with E-state index in [4.69, 9.17) is 39.5 Å². The molecule has 0 N–H and O–H groups in total. The van der Waals surface area contributed by atoms with Gasteiger partial charge in [-0.05, 0) is 6.42 Å². The number of hydrogen-bond acceptors (Lipinski definition) is 2. The van der Waals surface area contributed by atoms with Gasteiger partial charge in [0.05, 0.1) is 0 Å². The predicted molar refractivity (Wildman–Crippen MR) is 92.3 cm³/mol. The van der Waals surface area contributed by atoms with E-state index in [2.05, 4.69) is 6.92 Å². The summed E-state index contributed by atoms with van der Waals surface area (Å²) in [7, 11) is 0. The van der Waals surface area contributed by atoms with Crippen molar-refractivity contribution in [2.45, 2.75) is 87.8 Å². The topological polar surface area (TPSA) is 26.3 Å². The van der Waals surface area contributed by atoms with Crippen molar-refractivity contribution >= 4 is 40.8 Å². The summed E-state index contributed by atoms with van der Waals surface area (Å²) < 4.78 is 3.36. The molecule has 0 atom stereocenters. The standard InChI is InChI=1S/C16H29Cl3O2/c1-2-3-4-5-6-7-8-9-10-11-12-13-15(20)21-14-16(17,18)19/h2-14H2,1H3. The van der Waals surface area contributed by atoms with E-state index < -0.39 is 3.79 Å². The second-order valence-electron chi connectivity index (χ2n) is 5.56. The maximum Gasteiger partial charge on any atom is 0.305 e. The number of carbonyl (C=O) groups excluding carboxylic acids is 1. The Labute approximate surface area is 144 Å². The highest BCUT2D eigenvalue weighted by Gasteiger charge is 2.21. The van der Waals surface area contributed by atoms with E-state index in [-0.39, 0.29) is 12.6 Å². The fourth-order valence-electron chi connectivity index (χ4n) is 2.17. The highest BCUT2D eigenvalue weighted by molar-refractivity contribution is 6.67. The van der Waals surface area contributed by atoms with Crippen LogP contribution in [0.5, 0.6) is 0 Å². The Morgan fingerprint density at radius 2 is 1.24 bits per heavy atom. The number of ether oxygens (including phenoxy) is 1. The first-order chi connectivity index (χ1) is 9.95. The van der Waals surface area contributed by atoms with Crippen molar-refractivity contribution in [3.05, 3.63) is 0 Å². The van der Waals surface area contributed by atoms with E-state index in [0.717, 1.165) is 12.8 Å². The molecule has 0 aliphatic carbocycles. The van der Waals surface area contributed by atoms with Gasteiger partial charge in [-0.1, -0.05) is 106 Å². The normalized spacial score (nSPS) is 11.6. The van der Waals surface area contributed by atoms with Crippen molar-refractivity contribution in [3.63, 3.8) is 0 Å². The van der Waals surface area contributed by atoms with E-state index in [9.17, 15) is 4.79 Å². The van der Waals surface area contributed by atoms with Crippen molar-refractivity contribution in [2.75, 3.05) is 6.61 Å². The fourth-order valence-corrected chi connectivity index (χ4v) is 2.33. The number of halogens is 3. The molecule has 0 aromatic rings. The Morgan fingerprint density at radius 1 is 0.810 bits per heavy atom. The first kappa shape index (κ1) is 21.3. The number of unbranched alkanes of at least 4 members (excludes halogenated alkanes) is 10. The molecule has 0 unspecified atom stereocenters. The molecule has 0 aromatic heterocycles. The van der Waals surface area contributed by atoms with Gasteiger partial charge >= 0.3 is 5.97 Å². The molecule has 126 valence electrons. The summed E-state index contributed by atoms with van der Waals surface area (Å²) in [6, 6.07) is 0. The summed E-state index contributed by atoms with van der Waals surface area (Å²) in [6.45, 7) is 2.07. The Balaban J connectivity index is 3.20. The fraction of sp³-hybridized carbons (Fsp3) is 0.938. The molecular weight excluding hydrogens is 331 g/mol. The molecule has 0 aromatic carbocycles. The highest BCUT2D eigenvalue weighted by Crippen LogP contribution is 2.26. The van der Waals surface area contributed by atoms with Crippen LogP contribution in [0.2, 0.25) is 0 Å². The molecule has 0 radical (unpaired) electrons. The zero-order valence-electron chi connectivity index (χ0n) is 13.1. The summed E-state index contributed by atoms with van der Waals surface area (Å²) >= 11 is 16.5. The van der Waals surface area contributed by atoms with Crippen LogP contribution in [-0.4, -0.2) is 16.4 Å². The Bertz CT molecular complexity index is 252. The van der Waals surface area contributed by atoms with Crippen LogP contribution in [0.1, 0.15) is 84.0 Å². The quantitative estimate of drug-likeness (QED) is 0.210. The summed E-state index contributed by atoms with van der Waals surface area (Å²) in [5, 5.41) is 0. The molecule has 0 rings (SSSR count). The summed E-state index contributed by atoms with van der Waals surface area (Å²) in [4.78, 5) is 11.4. The lowest BCUT2D eigenvalue weighted by molar-refractivity contribution is -0.143. The number of esters is 1. The van der Waals surface area contributed by atoms with Crippen LogP contribution in [0.4, 0.5) is 0 Å². The smallest absolute Gasteiger partial charge is 0.305 e. The van der Waals surface area contributed by atoms with Crippen molar-refractivity contribution in [1.82, 2.24) is 0 Å². The highest BCUT2D eigenvalue weighted by atomic mass is 35.6. The Hall–Kier alpha value is 0.340. The van der Waals surface area contributed by atoms with E-state index in [1.165, 1.54) is 57.8 Å². The van der Waals surface area contributed by atoms with Gasteiger partial charge in [-0.3, -0.25) is 4.79 Å². The third kappa shape index (κ3) is 18.3. The molecule has 0 bridgehead atoms. The monoisotopic (exact) mass is 358 g/mol. The molecule has 0 saturated carbocycles. The maximum absolute atomic E-state index is 11.4. The molecule has 0 aliphatic rings. The lowest BCUT2D eigenvalue weighted by atomic mass is 10.1. The Kier molecular flexibility index (Phi) is 14.2. The number of alkyl halides is 3. The molecular formula is C16H29Cl3O2. The van der Waals surface area contributed by atoms with E-state index in [0.29, 0.717) is 6.42 Å². The summed E-state index contributed by atoms with van der Waals surface area (Å²) in [5.74, 6) is -0.280. The lowest BCUT2D eigenvalue weighted by Gasteiger charge is -2.11. The molecule has 0 fully saturated rings. The van der Waals surface area contributed by atoms with E-state index in [1.807, 2.05) is 0 Å². The average Bonchev–Trinajstić information content (AvgIpc) is 2.42. The third-order valence-corrected chi connectivity index (χ3v) is 3.71. The summed E-state index contributed by atoms with van der Waals surface area (Å²) in [6.07, 6.45) is 14.2. The van der Waals surface area contributed by atoms with Gasteiger partial charge in [-0.2, -0.15) is 0 Å². The molecule has 0 amide bonds. The molecule has 2 nitrogen and oxygen atoms in total. The lowest BCUT2D eigenvalue weighted by Crippen LogP contribution is -2.17. The van der Waals surface area contributed by atoms with Gasteiger partial charge in [-0.25, -0.2) is 0 Å². The van der Waals surface area contributed by atoms with Gasteiger partial charge in [0.1, 0.15) is 6.61 Å². The van der Waals surface area contributed by atoms with Crippen LogP contribution < -0.4 is 0 Å². The number of hydrogen-bond donors (Lipinski definition) is 0. The molecule has 5 heteroatoms. The zero-order valence-corrected chi connectivity index (χ0v) is 15.4. The van der Waals surface area contributed by atoms with Gasteiger partial charge < -0.3 is 4.74 Å². The SMILES string of the molecule is CCCCCCCCCCCCCC(=O)OCC(Cl)(Cl)Cl. The van der Waals surface area contributed by atoms with Crippen LogP contribution in [-0.2, 0) is 9.53 Å². The predicted octanol–water partition coefficient (Wildman–Crippen LogP) is 6.60. The van der Waals surface area contributed by atoms with Gasteiger partial charge in [0, 0.05) is 6.42 Å². The zero-order chi connectivity index (χ0) is 16.0. The minimum Gasteiger partial charge on any atom is -0.461 e. The first-order valence-electron chi connectivity index (χ1n) is 8.18. The average molecular weight is 360 g/mol. The van der Waals surface area contributed by atoms with Crippen LogP contribution in [0.15, 0.2) is 0 Å². The third-order valence-electron chi connectivity index (χ3n) is 3.38. The van der Waals surface area contributed by atoms with Crippen LogP contribution in [0.3, 0.4) is 0 Å². The van der Waals surface area contributed by atoms with Crippen molar-refractivity contribution in [1.29, 1.82) is 0 Å². The number of rotatable bonds is 13. The van der Waals surface area contributed by atoms with Gasteiger partial charge in [0.15, 0.2) is 0 Å². The van der Waals surface area contributed by atoms with Gasteiger partial charge in [0.2, 0.25) is 3.79 Å². The van der Waals surface area contributed by atoms with E-state index >= 15 is 0 Å². The molecule has 21 heavy (non-hydrogen) atoms. The maximum atomic E-state index is 11.4. The molecule has 0 saturated heterocycles. The second kappa shape index (κ2) is 14.0. The largest absolute Gasteiger partial charge is 0.461 e. The van der Waals surface area contributed by atoms with E-state index in [1.54, 1.807) is 0 Å². The summed E-state index contributed by atoms with van der Waals surface area (Å²) in [5.41, 5.74) is 0. The van der Waals surface area contributed by atoms with Gasteiger partial charge in [-0.15, -0.1) is 0 Å². The Morgan fingerprint density at radius 3 is 1.67 bits per heavy atom. The van der Waals surface area contributed by atoms with Crippen molar-refractivity contribution < 1.29 is 9.53 Å². The van der Waals surface area contributed by atoms with Crippen LogP contribution >= 0.6 is 34.8 Å². The first-order valence-corrected chi connectivity index (χ1v) is 9.31. The van der Waals surface area contributed by atoms with Crippen molar-refractivity contribution in [3.8, 4) is 0 Å². The molecule has 0 heterocycles. The van der Waals surface area contributed by atoms with Crippen LogP contribution in [0, 0.1) is 0 Å². The minimum atomic E-state index is -1.51. The molecule has 0 aliphatic heterocycles. The molecule has 0 spiro atoms.